The number of aliphatic carboxylic acids is 1. The highest BCUT2D eigenvalue weighted by Gasteiger charge is 2.23. The Hall–Kier alpha value is -4.12. The van der Waals surface area contributed by atoms with Crippen LogP contribution in [0.15, 0.2) is 48.5 Å². The normalized spacial score (nSPS) is 12.2. The summed E-state index contributed by atoms with van der Waals surface area (Å²) >= 11 is 4.18. The molecule has 2 N–H and O–H groups in total. The summed E-state index contributed by atoms with van der Waals surface area (Å²) in [6.07, 6.45) is 3.43. The molecule has 10 nitrogen and oxygen atoms in total. The number of nitrogens with one attached hydrogen (secondary N) is 1. The molecule has 0 fully saturated rings. The number of H-pyrrole nitrogens is 1. The first-order valence-electron chi connectivity index (χ1n) is 12.0. The van der Waals surface area contributed by atoms with Crippen LogP contribution in [-0.4, -0.2) is 51.3 Å². The zero-order chi connectivity index (χ0) is 25.9. The Bertz CT molecular complexity index is 1550. The van der Waals surface area contributed by atoms with Crippen LogP contribution in [0.3, 0.4) is 0 Å². The summed E-state index contributed by atoms with van der Waals surface area (Å²) < 4.78 is 1.63. The fourth-order valence-corrected chi connectivity index (χ4v) is 4.48. The molecule has 5 aromatic rings. The second-order valence-corrected chi connectivity index (χ2v) is 9.32. The van der Waals surface area contributed by atoms with Gasteiger partial charge in [-0.15, -0.1) is 10.2 Å². The van der Waals surface area contributed by atoms with Crippen LogP contribution in [0.25, 0.3) is 28.2 Å². The smallest absolute Gasteiger partial charge is 0.324 e. The number of hydrogen-bond donors (Lipinski definition) is 3. The van der Waals surface area contributed by atoms with Crippen LogP contribution in [0.4, 0.5) is 0 Å². The van der Waals surface area contributed by atoms with Crippen molar-refractivity contribution in [1.82, 2.24) is 40.2 Å². The number of carboxylic acid groups (broad SMARTS) is 1. The number of rotatable bonds is 9. The van der Waals surface area contributed by atoms with Crippen LogP contribution >= 0.6 is 12.6 Å². The first-order valence-corrected chi connectivity index (χ1v) is 12.6. The summed E-state index contributed by atoms with van der Waals surface area (Å²) in [4.78, 5) is 20.9. The molecule has 5 rings (SSSR count). The number of carboxylic acids is 1. The van der Waals surface area contributed by atoms with Crippen molar-refractivity contribution in [3.8, 4) is 22.5 Å². The lowest BCUT2D eigenvalue weighted by molar-refractivity contribution is -0.136. The van der Waals surface area contributed by atoms with Crippen molar-refractivity contribution in [1.29, 1.82) is 0 Å². The second kappa shape index (κ2) is 10.5. The third kappa shape index (κ3) is 4.94. The second-order valence-electron chi connectivity index (χ2n) is 8.80. The summed E-state index contributed by atoms with van der Waals surface area (Å²) in [6, 6.07) is 16.3. The van der Waals surface area contributed by atoms with E-state index in [0.717, 1.165) is 52.8 Å². The maximum atomic E-state index is 11.5. The number of aromatic nitrogens is 8. The van der Waals surface area contributed by atoms with Crippen LogP contribution < -0.4 is 0 Å². The summed E-state index contributed by atoms with van der Waals surface area (Å²) in [7, 11) is 0. The van der Waals surface area contributed by atoms with Gasteiger partial charge >= 0.3 is 5.97 Å². The largest absolute Gasteiger partial charge is 0.480 e. The first-order chi connectivity index (χ1) is 18.0. The van der Waals surface area contributed by atoms with Gasteiger partial charge in [0.1, 0.15) is 5.82 Å². The topological polar surface area (TPSA) is 135 Å². The molecule has 0 aliphatic carbocycles. The fourth-order valence-electron chi connectivity index (χ4n) is 4.37. The highest BCUT2D eigenvalue weighted by Crippen LogP contribution is 2.30. The molecule has 3 heterocycles. The van der Waals surface area contributed by atoms with Crippen molar-refractivity contribution in [3.05, 3.63) is 77.0 Å². The predicted octanol–water partition coefficient (Wildman–Crippen LogP) is 4.27. The number of benzene rings is 2. The SMILES string of the molecule is CCCCc1nc(C)n2nc(C(S)C(=O)O)nc2c1Cc1ccc(-c2ccccc2-c2nnn[nH]2)cc1. The third-order valence-electron chi connectivity index (χ3n) is 6.26. The Labute approximate surface area is 218 Å². The van der Waals surface area contributed by atoms with E-state index in [1.165, 1.54) is 0 Å². The van der Waals surface area contributed by atoms with E-state index in [1.54, 1.807) is 4.52 Å². The summed E-state index contributed by atoms with van der Waals surface area (Å²) in [5, 5.41) is 27.0. The van der Waals surface area contributed by atoms with Gasteiger partial charge in [0.2, 0.25) is 0 Å². The molecule has 11 heteroatoms. The van der Waals surface area contributed by atoms with Gasteiger partial charge in [-0.1, -0.05) is 61.9 Å². The van der Waals surface area contributed by atoms with E-state index in [4.69, 9.17) is 4.98 Å². The van der Waals surface area contributed by atoms with Crippen LogP contribution in [0.5, 0.6) is 0 Å². The molecule has 2 aromatic carbocycles. The standard InChI is InChI=1S/C26H26N8O2S/c1-3-4-9-21-20(25-28-24(22(37)26(35)36)31-34(25)15(2)27-21)14-16-10-12-17(13-11-16)18-7-5-6-8-19(18)23-29-32-33-30-23/h5-8,10-13,22,37H,3-4,9,14H2,1-2H3,(H,35,36)(H,29,30,32,33). The van der Waals surface area contributed by atoms with Crippen molar-refractivity contribution in [3.63, 3.8) is 0 Å². The molecule has 0 spiro atoms. The average Bonchev–Trinajstić information content (AvgIpc) is 3.60. The minimum absolute atomic E-state index is 0.156. The van der Waals surface area contributed by atoms with Gasteiger partial charge in [-0.05, 0) is 46.9 Å². The van der Waals surface area contributed by atoms with E-state index in [9.17, 15) is 9.90 Å². The molecular weight excluding hydrogens is 488 g/mol. The number of tetrazole rings is 1. The van der Waals surface area contributed by atoms with E-state index >= 15 is 0 Å². The van der Waals surface area contributed by atoms with Crippen LogP contribution in [0.1, 0.15) is 53.5 Å². The molecule has 188 valence electrons. The summed E-state index contributed by atoms with van der Waals surface area (Å²) in [6.45, 7) is 4.00. The van der Waals surface area contributed by atoms with Gasteiger partial charge < -0.3 is 5.11 Å². The third-order valence-corrected chi connectivity index (χ3v) is 6.72. The fraction of sp³-hybridized carbons (Fsp3) is 0.269. The Morgan fingerprint density at radius 2 is 1.86 bits per heavy atom. The quantitative estimate of drug-likeness (QED) is 0.248. The number of aryl methyl sites for hydroxylation is 2. The van der Waals surface area contributed by atoms with Gasteiger partial charge in [-0.3, -0.25) is 4.79 Å². The van der Waals surface area contributed by atoms with Gasteiger partial charge in [-0.2, -0.15) is 17.1 Å². The van der Waals surface area contributed by atoms with Crippen molar-refractivity contribution >= 4 is 24.2 Å². The van der Waals surface area contributed by atoms with Crippen molar-refractivity contribution in [2.24, 2.45) is 0 Å². The molecule has 1 unspecified atom stereocenters. The monoisotopic (exact) mass is 514 g/mol. The number of carbonyl (C=O) groups is 1. The lowest BCUT2D eigenvalue weighted by atomic mass is 9.96. The van der Waals surface area contributed by atoms with Crippen molar-refractivity contribution in [2.45, 2.75) is 44.8 Å². The molecule has 1 atom stereocenters. The van der Waals surface area contributed by atoms with Crippen LogP contribution in [0, 0.1) is 6.92 Å². The van der Waals surface area contributed by atoms with Crippen LogP contribution in [0.2, 0.25) is 0 Å². The van der Waals surface area contributed by atoms with Crippen molar-refractivity contribution in [2.75, 3.05) is 0 Å². The molecule has 0 radical (unpaired) electrons. The van der Waals surface area contributed by atoms with E-state index in [0.29, 0.717) is 23.7 Å². The lowest BCUT2D eigenvalue weighted by Crippen LogP contribution is -2.09. The molecule has 0 aliphatic rings. The molecule has 0 saturated carbocycles. The molecule has 0 amide bonds. The number of fused-ring (bicyclic) bond motifs is 1. The Balaban J connectivity index is 1.53. The minimum atomic E-state index is -1.11. The number of nitrogens with zero attached hydrogens (tertiary/aromatic N) is 7. The molecule has 0 aliphatic heterocycles. The Morgan fingerprint density at radius 1 is 1.11 bits per heavy atom. The average molecular weight is 515 g/mol. The van der Waals surface area contributed by atoms with E-state index in [2.05, 4.69) is 74.5 Å². The highest BCUT2D eigenvalue weighted by molar-refractivity contribution is 7.81. The van der Waals surface area contributed by atoms with Gasteiger partial charge in [0.05, 0.1) is 0 Å². The Morgan fingerprint density at radius 3 is 2.54 bits per heavy atom. The molecular formula is C26H26N8O2S. The molecule has 0 bridgehead atoms. The number of thiol groups is 1. The summed E-state index contributed by atoms with van der Waals surface area (Å²) in [5.41, 5.74) is 6.60. The highest BCUT2D eigenvalue weighted by atomic mass is 32.1. The van der Waals surface area contributed by atoms with Crippen molar-refractivity contribution < 1.29 is 9.90 Å². The number of aromatic amines is 1. The van der Waals surface area contributed by atoms with Gasteiger partial charge in [-0.25, -0.2) is 15.1 Å². The predicted molar refractivity (Wildman–Crippen MR) is 141 cm³/mol. The van der Waals surface area contributed by atoms with Crippen LogP contribution in [-0.2, 0) is 17.6 Å². The van der Waals surface area contributed by atoms with Gasteiger partial charge in [0.25, 0.3) is 0 Å². The van der Waals surface area contributed by atoms with Gasteiger partial charge in [0, 0.05) is 23.2 Å². The summed E-state index contributed by atoms with van der Waals surface area (Å²) in [5.74, 6) is 0.348. The van der Waals surface area contributed by atoms with E-state index < -0.39 is 11.2 Å². The van der Waals surface area contributed by atoms with Gasteiger partial charge in [0.15, 0.2) is 22.5 Å². The number of hydrogen-bond acceptors (Lipinski definition) is 8. The first kappa shape index (κ1) is 24.6. The molecule has 0 saturated heterocycles. The van der Waals surface area contributed by atoms with E-state index in [-0.39, 0.29) is 5.82 Å². The maximum absolute atomic E-state index is 11.5. The molecule has 37 heavy (non-hydrogen) atoms. The zero-order valence-electron chi connectivity index (χ0n) is 20.5. The maximum Gasteiger partial charge on any atom is 0.324 e. The lowest BCUT2D eigenvalue weighted by Gasteiger charge is -2.12. The Kier molecular flexibility index (Phi) is 6.95. The molecule has 3 aromatic heterocycles. The van der Waals surface area contributed by atoms with E-state index in [1.807, 2.05) is 31.2 Å². The zero-order valence-corrected chi connectivity index (χ0v) is 21.4. The minimum Gasteiger partial charge on any atom is -0.480 e. The number of unbranched alkanes of at least 4 members (excludes halogenated alkanes) is 1.